The van der Waals surface area contributed by atoms with Gasteiger partial charge < -0.3 is 31.7 Å². The quantitative estimate of drug-likeness (QED) is 0.240. The summed E-state index contributed by atoms with van der Waals surface area (Å²) in [6.45, 7) is 19.0. The normalized spacial score (nSPS) is 48.2. The number of fused-ring (bicyclic) bond motifs is 5. The van der Waals surface area contributed by atoms with Crippen LogP contribution in [-0.2, 0) is 9.53 Å². The van der Waals surface area contributed by atoms with Crippen molar-refractivity contribution in [3.05, 3.63) is 0 Å². The SMILES string of the molecule is CC(C)(O)[C@@H]1CC[C@@](C)([C@H]2CC[C@]3(C)[C@@H]2[C@H](O)C[C@@H]2[C@@]4(C)CC[C@H](NC(=O)[C@@H](N)CCCCN)C(C)(C)[C@@H]4CC[C@]23C)O1. The van der Waals surface area contributed by atoms with Gasteiger partial charge in [0.2, 0.25) is 5.91 Å². The van der Waals surface area contributed by atoms with Gasteiger partial charge in [0.25, 0.3) is 0 Å². The summed E-state index contributed by atoms with van der Waals surface area (Å²) in [5.41, 5.74) is 11.0. The number of carbonyl (C=O) groups is 1. The van der Waals surface area contributed by atoms with E-state index in [0.29, 0.717) is 30.7 Å². The Hall–Kier alpha value is -0.730. The van der Waals surface area contributed by atoms with Crippen LogP contribution in [0.25, 0.3) is 0 Å². The number of ether oxygens (including phenoxy) is 1. The van der Waals surface area contributed by atoms with E-state index in [-0.39, 0.29) is 57.3 Å². The second kappa shape index (κ2) is 11.2. The molecule has 7 heteroatoms. The van der Waals surface area contributed by atoms with E-state index in [1.54, 1.807) is 0 Å². The third-order valence-electron chi connectivity index (χ3n) is 14.9. The Balaban J connectivity index is 1.36. The second-order valence-electron chi connectivity index (χ2n) is 17.9. The summed E-state index contributed by atoms with van der Waals surface area (Å²) in [6.07, 6.45) is 11.2. The molecular formula is C36H65N3O4. The fraction of sp³-hybridized carbons (Fsp3) is 0.972. The van der Waals surface area contributed by atoms with Crippen LogP contribution in [0.5, 0.6) is 0 Å². The molecule has 7 nitrogen and oxygen atoms in total. The average Bonchev–Trinajstić information content (AvgIpc) is 3.50. The van der Waals surface area contributed by atoms with E-state index in [1.165, 1.54) is 0 Å². The number of nitrogens with two attached hydrogens (primary N) is 2. The molecule has 0 unspecified atom stereocenters. The van der Waals surface area contributed by atoms with Crippen molar-refractivity contribution in [1.82, 2.24) is 5.32 Å². The highest BCUT2D eigenvalue weighted by atomic mass is 16.5. The maximum atomic E-state index is 13.1. The first-order chi connectivity index (χ1) is 19.8. The van der Waals surface area contributed by atoms with Gasteiger partial charge in [-0.15, -0.1) is 0 Å². The van der Waals surface area contributed by atoms with Crippen molar-refractivity contribution in [3.63, 3.8) is 0 Å². The smallest absolute Gasteiger partial charge is 0.237 e. The van der Waals surface area contributed by atoms with E-state index in [0.717, 1.165) is 70.6 Å². The van der Waals surface area contributed by atoms with Crippen molar-refractivity contribution in [1.29, 1.82) is 0 Å². The lowest BCUT2D eigenvalue weighted by Crippen LogP contribution is -2.68. The van der Waals surface area contributed by atoms with Crippen LogP contribution in [0, 0.1) is 45.3 Å². The maximum Gasteiger partial charge on any atom is 0.237 e. The van der Waals surface area contributed by atoms with E-state index in [4.69, 9.17) is 16.2 Å². The number of rotatable bonds is 8. The van der Waals surface area contributed by atoms with Gasteiger partial charge in [-0.2, -0.15) is 0 Å². The Bertz CT molecular complexity index is 1040. The summed E-state index contributed by atoms with van der Waals surface area (Å²) in [6, 6.07) is -0.366. The summed E-state index contributed by atoms with van der Waals surface area (Å²) >= 11 is 0. The van der Waals surface area contributed by atoms with Crippen LogP contribution in [0.1, 0.15) is 132 Å². The van der Waals surface area contributed by atoms with Gasteiger partial charge in [0, 0.05) is 6.04 Å². The van der Waals surface area contributed by atoms with Gasteiger partial charge in [-0.05, 0) is 143 Å². The third kappa shape index (κ3) is 5.23. The lowest BCUT2D eigenvalue weighted by atomic mass is 9.35. The minimum Gasteiger partial charge on any atom is -0.393 e. The molecule has 7 N–H and O–H groups in total. The molecule has 248 valence electrons. The zero-order chi connectivity index (χ0) is 31.8. The van der Waals surface area contributed by atoms with Crippen LogP contribution >= 0.6 is 0 Å². The molecule has 1 heterocycles. The van der Waals surface area contributed by atoms with Crippen molar-refractivity contribution in [2.24, 2.45) is 56.8 Å². The Labute approximate surface area is 262 Å². The van der Waals surface area contributed by atoms with E-state index in [2.05, 4.69) is 46.9 Å². The zero-order valence-corrected chi connectivity index (χ0v) is 28.7. The van der Waals surface area contributed by atoms with Crippen LogP contribution < -0.4 is 16.8 Å². The lowest BCUT2D eigenvalue weighted by molar-refractivity contribution is -0.240. The number of carbonyl (C=O) groups excluding carboxylic acids is 1. The van der Waals surface area contributed by atoms with Gasteiger partial charge in [0.15, 0.2) is 0 Å². The molecule has 4 saturated carbocycles. The molecule has 1 aliphatic heterocycles. The van der Waals surface area contributed by atoms with E-state index in [1.807, 2.05) is 13.8 Å². The van der Waals surface area contributed by atoms with E-state index >= 15 is 0 Å². The van der Waals surface area contributed by atoms with Crippen molar-refractivity contribution in [2.45, 2.75) is 168 Å². The molecule has 5 aliphatic rings. The van der Waals surface area contributed by atoms with Crippen molar-refractivity contribution in [3.8, 4) is 0 Å². The molecule has 0 bridgehead atoms. The first-order valence-corrected chi connectivity index (χ1v) is 17.7. The second-order valence-corrected chi connectivity index (χ2v) is 17.9. The first-order valence-electron chi connectivity index (χ1n) is 17.7. The molecule has 0 aromatic heterocycles. The van der Waals surface area contributed by atoms with Gasteiger partial charge in [0.1, 0.15) is 0 Å². The number of aliphatic hydroxyl groups excluding tert-OH is 1. The average molecular weight is 604 g/mol. The Kier molecular flexibility index (Phi) is 8.77. The summed E-state index contributed by atoms with van der Waals surface area (Å²) in [5, 5.41) is 26.3. The number of hydrogen-bond acceptors (Lipinski definition) is 6. The van der Waals surface area contributed by atoms with Crippen LogP contribution in [0.2, 0.25) is 0 Å². The van der Waals surface area contributed by atoms with E-state index < -0.39 is 11.6 Å². The Morgan fingerprint density at radius 3 is 2.26 bits per heavy atom. The summed E-state index contributed by atoms with van der Waals surface area (Å²) in [5.74, 6) is 1.40. The Morgan fingerprint density at radius 1 is 0.953 bits per heavy atom. The predicted molar refractivity (Wildman–Crippen MR) is 172 cm³/mol. The van der Waals surface area contributed by atoms with Gasteiger partial charge in [0.05, 0.1) is 29.5 Å². The van der Waals surface area contributed by atoms with Crippen molar-refractivity contribution < 1.29 is 19.7 Å². The largest absolute Gasteiger partial charge is 0.393 e. The number of unbranched alkanes of at least 4 members (excludes halogenated alkanes) is 1. The molecule has 0 spiro atoms. The van der Waals surface area contributed by atoms with E-state index in [9.17, 15) is 15.0 Å². The number of nitrogens with one attached hydrogen (secondary N) is 1. The van der Waals surface area contributed by atoms with Gasteiger partial charge >= 0.3 is 0 Å². The molecule has 5 fully saturated rings. The number of hydrogen-bond donors (Lipinski definition) is 5. The molecule has 4 aliphatic carbocycles. The monoisotopic (exact) mass is 603 g/mol. The first kappa shape index (κ1) is 33.6. The van der Waals surface area contributed by atoms with Crippen LogP contribution in [0.3, 0.4) is 0 Å². The zero-order valence-electron chi connectivity index (χ0n) is 28.7. The molecule has 12 atom stereocenters. The predicted octanol–water partition coefficient (Wildman–Crippen LogP) is 5.29. The highest BCUT2D eigenvalue weighted by Gasteiger charge is 2.72. The highest BCUT2D eigenvalue weighted by Crippen LogP contribution is 2.76. The summed E-state index contributed by atoms with van der Waals surface area (Å²) < 4.78 is 6.72. The minimum absolute atomic E-state index is 0.0192. The standard InChI is InChI=1S/C36H65N3O4/c1-31(2)25-13-18-34(6)26(33(25,5)16-14-27(31)39-30(41)23(38)11-9-10-20-37)21-24(40)29-22(12-17-35(29,34)7)36(8)19-15-28(43-36)32(3,4)42/h22-29,40,42H,9-21,37-38H2,1-8H3,(H,39,41)/t22-,23-,24+,25-,26+,27-,28-,29-,33-,34+,35+,36-/m0/s1. The Morgan fingerprint density at radius 2 is 1.63 bits per heavy atom. The topological polar surface area (TPSA) is 131 Å². The molecule has 0 aromatic carbocycles. The molecule has 1 saturated heterocycles. The van der Waals surface area contributed by atoms with Crippen LogP contribution in [0.4, 0.5) is 0 Å². The van der Waals surface area contributed by atoms with Gasteiger partial charge in [-0.25, -0.2) is 0 Å². The molecule has 43 heavy (non-hydrogen) atoms. The number of amides is 1. The summed E-state index contributed by atoms with van der Waals surface area (Å²) in [4.78, 5) is 13.1. The van der Waals surface area contributed by atoms with Crippen LogP contribution in [0.15, 0.2) is 0 Å². The molecule has 0 aromatic rings. The molecule has 5 rings (SSSR count). The van der Waals surface area contributed by atoms with Crippen LogP contribution in [-0.4, -0.2) is 58.2 Å². The number of aliphatic hydroxyl groups is 2. The summed E-state index contributed by atoms with van der Waals surface area (Å²) in [7, 11) is 0. The van der Waals surface area contributed by atoms with Gasteiger partial charge in [-0.1, -0.05) is 41.0 Å². The maximum absolute atomic E-state index is 13.1. The minimum atomic E-state index is -0.852. The molecular weight excluding hydrogens is 538 g/mol. The van der Waals surface area contributed by atoms with Gasteiger partial charge in [-0.3, -0.25) is 4.79 Å². The molecule has 1 amide bonds. The third-order valence-corrected chi connectivity index (χ3v) is 14.9. The van der Waals surface area contributed by atoms with Crippen molar-refractivity contribution in [2.75, 3.05) is 6.54 Å². The highest BCUT2D eigenvalue weighted by molar-refractivity contribution is 5.81. The lowest BCUT2D eigenvalue weighted by Gasteiger charge is -2.71. The fourth-order valence-corrected chi connectivity index (χ4v) is 12.3. The fourth-order valence-electron chi connectivity index (χ4n) is 12.3. The molecule has 0 radical (unpaired) electrons. The van der Waals surface area contributed by atoms with Crippen molar-refractivity contribution >= 4 is 5.91 Å².